The molecule has 0 aliphatic heterocycles. The Balaban J connectivity index is 1.41. The first-order chi connectivity index (χ1) is 12.2. The van der Waals surface area contributed by atoms with Gasteiger partial charge in [-0.05, 0) is 48.9 Å². The molecule has 2 aromatic carbocycles. The zero-order valence-corrected chi connectivity index (χ0v) is 14.4. The van der Waals surface area contributed by atoms with Gasteiger partial charge >= 0.3 is 0 Å². The lowest BCUT2D eigenvalue weighted by molar-refractivity contribution is -0.127. The summed E-state index contributed by atoms with van der Waals surface area (Å²) in [7, 11) is 0. The van der Waals surface area contributed by atoms with Gasteiger partial charge in [-0.15, -0.1) is 0 Å². The summed E-state index contributed by atoms with van der Waals surface area (Å²) in [6.45, 7) is 1.15. The van der Waals surface area contributed by atoms with Crippen LogP contribution in [0.25, 0.3) is 0 Å². The molecule has 2 atom stereocenters. The zero-order chi connectivity index (χ0) is 17.5. The van der Waals surface area contributed by atoms with Crippen molar-refractivity contribution in [3.8, 4) is 5.75 Å². The molecular weight excluding hydrogens is 314 g/mol. The van der Waals surface area contributed by atoms with E-state index in [2.05, 4.69) is 5.32 Å². The fourth-order valence-corrected chi connectivity index (χ4v) is 3.20. The highest BCUT2D eigenvalue weighted by atomic mass is 16.5. The molecule has 2 N–H and O–H groups in total. The summed E-state index contributed by atoms with van der Waals surface area (Å²) in [4.78, 5) is 12.0. The lowest BCUT2D eigenvalue weighted by Gasteiger charge is -2.14. The van der Waals surface area contributed by atoms with Crippen LogP contribution in [0, 0.1) is 5.92 Å². The van der Waals surface area contributed by atoms with E-state index in [-0.39, 0.29) is 11.8 Å². The number of carbonyl (C=O) groups excluding carboxylic acids is 1. The first kappa shape index (κ1) is 17.5. The molecule has 3 rings (SSSR count). The molecular formula is C21H25NO3. The van der Waals surface area contributed by atoms with Crippen molar-refractivity contribution in [1.82, 2.24) is 5.32 Å². The Morgan fingerprint density at radius 2 is 1.80 bits per heavy atom. The number of amides is 1. The number of nitrogens with one attached hydrogen (secondary N) is 1. The molecule has 25 heavy (non-hydrogen) atoms. The fraction of sp³-hybridized carbons (Fsp3) is 0.381. The van der Waals surface area contributed by atoms with Crippen molar-refractivity contribution in [3.05, 3.63) is 65.7 Å². The van der Waals surface area contributed by atoms with Gasteiger partial charge in [0, 0.05) is 6.54 Å². The van der Waals surface area contributed by atoms with E-state index in [9.17, 15) is 9.90 Å². The van der Waals surface area contributed by atoms with Crippen molar-refractivity contribution < 1.29 is 14.6 Å². The average Bonchev–Trinajstić information content (AvgIpc) is 3.08. The second kappa shape index (κ2) is 8.67. The van der Waals surface area contributed by atoms with Crippen LogP contribution in [0.4, 0.5) is 0 Å². The molecule has 1 saturated carbocycles. The van der Waals surface area contributed by atoms with E-state index in [1.165, 1.54) is 0 Å². The molecule has 0 spiro atoms. The largest absolute Gasteiger partial charge is 0.489 e. The van der Waals surface area contributed by atoms with Crippen molar-refractivity contribution in [3.63, 3.8) is 0 Å². The third-order valence-electron chi connectivity index (χ3n) is 4.70. The van der Waals surface area contributed by atoms with Gasteiger partial charge in [0.15, 0.2) is 0 Å². The van der Waals surface area contributed by atoms with Crippen LogP contribution in [0.3, 0.4) is 0 Å². The standard InChI is InChI=1S/C21H25NO3/c23-20-8-4-7-19(20)21(24)22-14-13-16-9-11-18(12-10-16)25-15-17-5-2-1-3-6-17/h1-3,5-6,9-12,19-20,23H,4,7-8,13-15H2,(H,22,24). The molecule has 0 aromatic heterocycles. The van der Waals surface area contributed by atoms with Crippen molar-refractivity contribution in [2.45, 2.75) is 38.4 Å². The second-order valence-corrected chi connectivity index (χ2v) is 6.56. The highest BCUT2D eigenvalue weighted by Crippen LogP contribution is 2.25. The molecule has 1 amide bonds. The van der Waals surface area contributed by atoms with Crippen molar-refractivity contribution in [1.29, 1.82) is 0 Å². The fourth-order valence-electron chi connectivity index (χ4n) is 3.20. The number of hydrogen-bond donors (Lipinski definition) is 2. The quantitative estimate of drug-likeness (QED) is 0.815. The minimum Gasteiger partial charge on any atom is -0.489 e. The van der Waals surface area contributed by atoms with Crippen LogP contribution in [0.15, 0.2) is 54.6 Å². The van der Waals surface area contributed by atoms with Gasteiger partial charge in [-0.2, -0.15) is 0 Å². The predicted octanol–water partition coefficient (Wildman–Crippen LogP) is 3.09. The zero-order valence-electron chi connectivity index (χ0n) is 14.4. The molecule has 1 aliphatic rings. The van der Waals surface area contributed by atoms with Crippen molar-refractivity contribution in [2.24, 2.45) is 5.92 Å². The Labute approximate surface area is 148 Å². The van der Waals surface area contributed by atoms with Gasteiger partial charge in [-0.3, -0.25) is 4.79 Å². The molecule has 2 unspecified atom stereocenters. The summed E-state index contributed by atoms with van der Waals surface area (Å²) in [5, 5.41) is 12.7. The number of ether oxygens (including phenoxy) is 1. The maximum absolute atomic E-state index is 12.0. The normalized spacial score (nSPS) is 19.6. The Bertz CT molecular complexity index is 669. The van der Waals surface area contributed by atoms with Crippen molar-refractivity contribution in [2.75, 3.05) is 6.54 Å². The Morgan fingerprint density at radius 1 is 1.04 bits per heavy atom. The van der Waals surface area contributed by atoms with Gasteiger partial charge < -0.3 is 15.2 Å². The van der Waals surface area contributed by atoms with Gasteiger partial charge in [-0.1, -0.05) is 42.5 Å². The second-order valence-electron chi connectivity index (χ2n) is 6.56. The molecule has 0 heterocycles. The maximum Gasteiger partial charge on any atom is 0.225 e. The number of hydrogen-bond acceptors (Lipinski definition) is 3. The summed E-state index contributed by atoms with van der Waals surface area (Å²) >= 11 is 0. The van der Waals surface area contributed by atoms with Crippen LogP contribution in [0.2, 0.25) is 0 Å². The van der Waals surface area contributed by atoms with Gasteiger partial charge in [0.05, 0.1) is 12.0 Å². The van der Waals surface area contributed by atoms with E-state index >= 15 is 0 Å². The van der Waals surface area contributed by atoms with E-state index in [4.69, 9.17) is 4.74 Å². The van der Waals surface area contributed by atoms with Crippen LogP contribution >= 0.6 is 0 Å². The van der Waals surface area contributed by atoms with Gasteiger partial charge in [0.25, 0.3) is 0 Å². The topological polar surface area (TPSA) is 58.6 Å². The van der Waals surface area contributed by atoms with Crippen LogP contribution in [-0.4, -0.2) is 23.7 Å². The molecule has 0 radical (unpaired) electrons. The van der Waals surface area contributed by atoms with Crippen LogP contribution < -0.4 is 10.1 Å². The Kier molecular flexibility index (Phi) is 6.07. The smallest absolute Gasteiger partial charge is 0.225 e. The van der Waals surface area contributed by atoms with Crippen molar-refractivity contribution >= 4 is 5.91 Å². The molecule has 1 aliphatic carbocycles. The molecule has 2 aromatic rings. The summed E-state index contributed by atoms with van der Waals surface area (Å²) in [5.74, 6) is 0.590. The Morgan fingerprint density at radius 3 is 2.48 bits per heavy atom. The Hall–Kier alpha value is -2.33. The molecule has 132 valence electrons. The molecule has 0 bridgehead atoms. The monoisotopic (exact) mass is 339 g/mol. The SMILES string of the molecule is O=C(NCCc1ccc(OCc2ccccc2)cc1)C1CCCC1O. The number of aliphatic hydroxyl groups is 1. The first-order valence-electron chi connectivity index (χ1n) is 8.94. The lowest BCUT2D eigenvalue weighted by Crippen LogP contribution is -2.35. The van der Waals surface area contributed by atoms with E-state index in [1.54, 1.807) is 0 Å². The average molecular weight is 339 g/mol. The summed E-state index contributed by atoms with van der Waals surface area (Å²) in [6.07, 6.45) is 2.77. The molecule has 4 nitrogen and oxygen atoms in total. The number of rotatable bonds is 7. The summed E-state index contributed by atoms with van der Waals surface area (Å²) in [6, 6.07) is 18.0. The minimum absolute atomic E-state index is 0.0205. The van der Waals surface area contributed by atoms with E-state index in [0.29, 0.717) is 13.2 Å². The van der Waals surface area contributed by atoms with Crippen LogP contribution in [0.1, 0.15) is 30.4 Å². The number of carbonyl (C=O) groups is 1. The van der Waals surface area contributed by atoms with Gasteiger partial charge in [-0.25, -0.2) is 0 Å². The number of aliphatic hydroxyl groups excluding tert-OH is 1. The molecule has 1 fully saturated rings. The van der Waals surface area contributed by atoms with Crippen LogP contribution in [-0.2, 0) is 17.8 Å². The predicted molar refractivity (Wildman–Crippen MR) is 97.3 cm³/mol. The van der Waals surface area contributed by atoms with Gasteiger partial charge in [0.2, 0.25) is 5.91 Å². The van der Waals surface area contributed by atoms with Crippen LogP contribution in [0.5, 0.6) is 5.75 Å². The highest BCUT2D eigenvalue weighted by Gasteiger charge is 2.30. The lowest BCUT2D eigenvalue weighted by atomic mass is 10.1. The minimum atomic E-state index is -0.471. The molecule has 4 heteroatoms. The first-order valence-corrected chi connectivity index (χ1v) is 8.94. The van der Waals surface area contributed by atoms with Gasteiger partial charge in [0.1, 0.15) is 12.4 Å². The van der Waals surface area contributed by atoms with E-state index < -0.39 is 6.10 Å². The summed E-state index contributed by atoms with van der Waals surface area (Å²) in [5.41, 5.74) is 2.29. The highest BCUT2D eigenvalue weighted by molar-refractivity contribution is 5.79. The number of benzene rings is 2. The van der Waals surface area contributed by atoms with E-state index in [1.807, 2.05) is 54.6 Å². The summed E-state index contributed by atoms with van der Waals surface area (Å²) < 4.78 is 5.77. The maximum atomic E-state index is 12.0. The third kappa shape index (κ3) is 5.07. The van der Waals surface area contributed by atoms with E-state index in [0.717, 1.165) is 42.6 Å². The third-order valence-corrected chi connectivity index (χ3v) is 4.70. The molecule has 0 saturated heterocycles.